The third-order valence-corrected chi connectivity index (χ3v) is 5.58. The van der Waals surface area contributed by atoms with Crippen molar-refractivity contribution in [3.8, 4) is 16.9 Å². The Balaban J connectivity index is 1.53. The molecule has 0 saturated carbocycles. The van der Waals surface area contributed by atoms with Crippen molar-refractivity contribution in [3.63, 3.8) is 0 Å². The van der Waals surface area contributed by atoms with Gasteiger partial charge in [0.05, 0.1) is 17.4 Å². The maximum atomic E-state index is 13.0. The quantitative estimate of drug-likeness (QED) is 0.549. The standard InChI is InChI=1S/C24H29N5O2/c1-16-20(15-26-28-16)18-8-9-21(23(13-18)31-11-10-29(2)3)27-24(30)22-12-17-6-4-5-7-19(17)14-25-22/h4-9,13,15,22,25H,10-12,14H2,1-3H3,(H,26,28)(H,27,30). The van der Waals surface area contributed by atoms with Gasteiger partial charge in [-0.15, -0.1) is 0 Å². The van der Waals surface area contributed by atoms with Crippen molar-refractivity contribution in [2.24, 2.45) is 0 Å². The second kappa shape index (κ2) is 9.32. The molecule has 1 aliphatic heterocycles. The van der Waals surface area contributed by atoms with Gasteiger partial charge in [0.2, 0.25) is 5.91 Å². The Kier molecular flexibility index (Phi) is 6.34. The number of nitrogens with one attached hydrogen (secondary N) is 3. The second-order valence-electron chi connectivity index (χ2n) is 8.14. The summed E-state index contributed by atoms with van der Waals surface area (Å²) in [5.41, 5.74) is 6.07. The van der Waals surface area contributed by atoms with Gasteiger partial charge in [0.25, 0.3) is 0 Å². The van der Waals surface area contributed by atoms with Gasteiger partial charge < -0.3 is 20.3 Å². The Morgan fingerprint density at radius 2 is 2.03 bits per heavy atom. The van der Waals surface area contributed by atoms with Crippen molar-refractivity contribution in [2.75, 3.05) is 32.6 Å². The smallest absolute Gasteiger partial charge is 0.241 e. The largest absolute Gasteiger partial charge is 0.490 e. The van der Waals surface area contributed by atoms with E-state index in [0.29, 0.717) is 31.0 Å². The molecule has 7 nitrogen and oxygen atoms in total. The fourth-order valence-electron chi connectivity index (χ4n) is 3.76. The lowest BCUT2D eigenvalue weighted by molar-refractivity contribution is -0.118. The van der Waals surface area contributed by atoms with Gasteiger partial charge in [0.15, 0.2) is 0 Å². The molecule has 1 aromatic heterocycles. The van der Waals surface area contributed by atoms with E-state index in [1.807, 2.05) is 57.5 Å². The van der Waals surface area contributed by atoms with Gasteiger partial charge in [-0.1, -0.05) is 30.3 Å². The monoisotopic (exact) mass is 419 g/mol. The first-order chi connectivity index (χ1) is 15.0. The van der Waals surface area contributed by atoms with E-state index in [0.717, 1.165) is 23.4 Å². The average molecular weight is 420 g/mol. The van der Waals surface area contributed by atoms with E-state index < -0.39 is 0 Å². The number of carbonyl (C=O) groups excluding carboxylic acids is 1. The predicted octanol–water partition coefficient (Wildman–Crippen LogP) is 2.98. The van der Waals surface area contributed by atoms with Crippen LogP contribution in [0.3, 0.4) is 0 Å². The van der Waals surface area contributed by atoms with Gasteiger partial charge >= 0.3 is 0 Å². The molecule has 0 saturated heterocycles. The number of benzene rings is 2. The molecular formula is C24H29N5O2. The first-order valence-corrected chi connectivity index (χ1v) is 10.5. The Morgan fingerprint density at radius 1 is 1.23 bits per heavy atom. The first-order valence-electron chi connectivity index (χ1n) is 10.5. The van der Waals surface area contributed by atoms with Crippen LogP contribution in [0.5, 0.6) is 5.75 Å². The summed E-state index contributed by atoms with van der Waals surface area (Å²) in [5.74, 6) is 0.601. The highest BCUT2D eigenvalue weighted by Crippen LogP contribution is 2.32. The van der Waals surface area contributed by atoms with E-state index in [4.69, 9.17) is 4.74 Å². The van der Waals surface area contributed by atoms with E-state index in [1.54, 1.807) is 0 Å². The highest BCUT2D eigenvalue weighted by Gasteiger charge is 2.25. The number of carbonyl (C=O) groups is 1. The summed E-state index contributed by atoms with van der Waals surface area (Å²) < 4.78 is 6.06. The lowest BCUT2D eigenvalue weighted by Crippen LogP contribution is -2.44. The van der Waals surface area contributed by atoms with Crippen LogP contribution in [0.2, 0.25) is 0 Å². The maximum Gasteiger partial charge on any atom is 0.241 e. The predicted molar refractivity (Wildman–Crippen MR) is 122 cm³/mol. The lowest BCUT2D eigenvalue weighted by atomic mass is 9.95. The van der Waals surface area contributed by atoms with Crippen molar-refractivity contribution in [1.82, 2.24) is 20.4 Å². The molecule has 7 heteroatoms. The van der Waals surface area contributed by atoms with Crippen LogP contribution in [0, 0.1) is 6.92 Å². The summed E-state index contributed by atoms with van der Waals surface area (Å²) in [6.45, 7) is 3.96. The highest BCUT2D eigenvalue weighted by atomic mass is 16.5. The maximum absolute atomic E-state index is 13.0. The molecule has 31 heavy (non-hydrogen) atoms. The number of H-pyrrole nitrogens is 1. The molecule has 0 bridgehead atoms. The molecular weight excluding hydrogens is 390 g/mol. The summed E-state index contributed by atoms with van der Waals surface area (Å²) in [5, 5.41) is 13.5. The zero-order valence-electron chi connectivity index (χ0n) is 18.2. The van der Waals surface area contributed by atoms with Gasteiger partial charge in [-0.25, -0.2) is 0 Å². The number of anilines is 1. The van der Waals surface area contributed by atoms with Crippen LogP contribution in [0.1, 0.15) is 16.8 Å². The van der Waals surface area contributed by atoms with Gasteiger partial charge in [0.1, 0.15) is 12.4 Å². The van der Waals surface area contributed by atoms with Gasteiger partial charge in [-0.3, -0.25) is 9.89 Å². The molecule has 3 aromatic rings. The van der Waals surface area contributed by atoms with Crippen LogP contribution in [0.25, 0.3) is 11.1 Å². The number of likely N-dealkylation sites (N-methyl/N-ethyl adjacent to an activating group) is 1. The van der Waals surface area contributed by atoms with Crippen molar-refractivity contribution in [1.29, 1.82) is 0 Å². The highest BCUT2D eigenvalue weighted by molar-refractivity contribution is 5.97. The van der Waals surface area contributed by atoms with Crippen LogP contribution in [-0.4, -0.2) is 54.3 Å². The summed E-state index contributed by atoms with van der Waals surface area (Å²) >= 11 is 0. The molecule has 0 fully saturated rings. The number of aromatic amines is 1. The van der Waals surface area contributed by atoms with E-state index >= 15 is 0 Å². The molecule has 2 heterocycles. The molecule has 4 rings (SSSR count). The van der Waals surface area contributed by atoms with Gasteiger partial charge in [-0.2, -0.15) is 5.10 Å². The molecule has 1 aliphatic rings. The molecule has 3 N–H and O–H groups in total. The lowest BCUT2D eigenvalue weighted by Gasteiger charge is -2.25. The Morgan fingerprint density at radius 3 is 2.77 bits per heavy atom. The van der Waals surface area contributed by atoms with Crippen LogP contribution < -0.4 is 15.4 Å². The number of amides is 1. The van der Waals surface area contributed by atoms with Gasteiger partial charge in [-0.05, 0) is 56.3 Å². The minimum Gasteiger partial charge on any atom is -0.490 e. The molecule has 0 spiro atoms. The van der Waals surface area contributed by atoms with Crippen molar-refractivity contribution >= 4 is 11.6 Å². The number of hydrogen-bond acceptors (Lipinski definition) is 5. The summed E-state index contributed by atoms with van der Waals surface area (Å²) in [6, 6.07) is 13.8. The van der Waals surface area contributed by atoms with Crippen LogP contribution >= 0.6 is 0 Å². The zero-order chi connectivity index (χ0) is 21.8. The van der Waals surface area contributed by atoms with E-state index in [2.05, 4.69) is 37.9 Å². The van der Waals surface area contributed by atoms with Crippen molar-refractivity contribution < 1.29 is 9.53 Å². The van der Waals surface area contributed by atoms with Crippen LogP contribution in [0.15, 0.2) is 48.7 Å². The Bertz CT molecular complexity index is 1060. The Labute approximate surface area is 182 Å². The van der Waals surface area contributed by atoms with Crippen molar-refractivity contribution in [3.05, 3.63) is 65.5 Å². The van der Waals surface area contributed by atoms with E-state index in [-0.39, 0.29) is 11.9 Å². The fourth-order valence-corrected chi connectivity index (χ4v) is 3.76. The van der Waals surface area contributed by atoms with Gasteiger partial charge in [0, 0.05) is 24.8 Å². The van der Waals surface area contributed by atoms with E-state index in [9.17, 15) is 4.79 Å². The SMILES string of the molecule is Cc1n[nH]cc1-c1ccc(NC(=O)C2Cc3ccccc3CN2)c(OCCN(C)C)c1. The Hall–Kier alpha value is -3.16. The minimum atomic E-state index is -0.277. The molecule has 162 valence electrons. The van der Waals surface area contributed by atoms with Crippen LogP contribution in [-0.2, 0) is 17.8 Å². The number of aryl methyl sites for hydroxylation is 1. The average Bonchev–Trinajstić information content (AvgIpc) is 3.20. The van der Waals surface area contributed by atoms with Crippen molar-refractivity contribution in [2.45, 2.75) is 25.9 Å². The molecule has 0 aliphatic carbocycles. The molecule has 1 unspecified atom stereocenters. The molecule has 0 radical (unpaired) electrons. The van der Waals surface area contributed by atoms with Crippen LogP contribution in [0.4, 0.5) is 5.69 Å². The molecule has 1 atom stereocenters. The number of ether oxygens (including phenoxy) is 1. The summed E-state index contributed by atoms with van der Waals surface area (Å²) in [7, 11) is 4.01. The third-order valence-electron chi connectivity index (χ3n) is 5.58. The molecule has 2 aromatic carbocycles. The van der Waals surface area contributed by atoms with E-state index in [1.165, 1.54) is 11.1 Å². The first kappa shape index (κ1) is 21.1. The number of nitrogens with zero attached hydrogens (tertiary/aromatic N) is 2. The normalized spacial score (nSPS) is 15.5. The third kappa shape index (κ3) is 4.95. The summed E-state index contributed by atoms with van der Waals surface area (Å²) in [6.07, 6.45) is 2.54. The second-order valence-corrected chi connectivity index (χ2v) is 8.14. The summed E-state index contributed by atoms with van der Waals surface area (Å²) in [4.78, 5) is 15.1. The topological polar surface area (TPSA) is 82.3 Å². The number of fused-ring (bicyclic) bond motifs is 1. The molecule has 1 amide bonds. The zero-order valence-corrected chi connectivity index (χ0v) is 18.2. The minimum absolute atomic E-state index is 0.0563. The number of aromatic nitrogens is 2. The number of rotatable bonds is 7. The number of hydrogen-bond donors (Lipinski definition) is 3. The fraction of sp³-hybridized carbons (Fsp3) is 0.333.